The largest absolute Gasteiger partial charge is 0.508 e. The molecule has 1 heterocycles. The third-order valence-electron chi connectivity index (χ3n) is 6.26. The quantitative estimate of drug-likeness (QED) is 0.569. The minimum atomic E-state index is -1.59. The van der Waals surface area contributed by atoms with E-state index in [1.807, 2.05) is 13.0 Å². The number of carboxylic acids is 1. The summed E-state index contributed by atoms with van der Waals surface area (Å²) >= 11 is 0. The molecule has 0 radical (unpaired) electrons. The summed E-state index contributed by atoms with van der Waals surface area (Å²) in [5, 5.41) is 18.7. The van der Waals surface area contributed by atoms with Gasteiger partial charge >= 0.3 is 5.97 Å². The number of hydrogen-bond donors (Lipinski definition) is 2. The number of rotatable bonds is 5. The number of benzene rings is 2. The molecule has 0 aromatic heterocycles. The minimum Gasteiger partial charge on any atom is -0.508 e. The van der Waals surface area contributed by atoms with Crippen LogP contribution < -0.4 is 0 Å². The van der Waals surface area contributed by atoms with Crippen molar-refractivity contribution in [2.24, 2.45) is 0 Å². The highest BCUT2D eigenvalue weighted by atomic mass is 19.1. The number of hydrogen-bond acceptors (Lipinski definition) is 3. The smallest absolute Gasteiger partial charge is 0.328 e. The van der Waals surface area contributed by atoms with Gasteiger partial charge in [0.1, 0.15) is 23.1 Å². The van der Waals surface area contributed by atoms with Crippen LogP contribution in [-0.2, 0) is 11.2 Å². The van der Waals surface area contributed by atoms with E-state index < -0.39 is 29.3 Å². The Balaban J connectivity index is 1.87. The molecule has 2 aromatic carbocycles. The number of fused-ring (bicyclic) bond motifs is 2. The molecular formula is C26H26F3NO3. The standard InChI is InChI=1S/C26H26F3NO3/c1-14-8-19-18-6-5-17(31)11-16(18)12-20(19)25(30(14)13-26(2,3)29)24-21(27)9-15(10-22(24)28)4-7-23(32)33/h4-7,9-11,14,25,31H,8,12-13H2,1-3H3,(H,32,33)/b7-4+/t14-,25+/m1/s1. The lowest BCUT2D eigenvalue weighted by atomic mass is 9.83. The second-order valence-electron chi connectivity index (χ2n) is 9.44. The first kappa shape index (κ1) is 23.1. The van der Waals surface area contributed by atoms with Crippen LogP contribution in [0.25, 0.3) is 11.6 Å². The van der Waals surface area contributed by atoms with Crippen molar-refractivity contribution in [1.82, 2.24) is 4.90 Å². The summed E-state index contributed by atoms with van der Waals surface area (Å²) in [5.74, 6) is -2.73. The van der Waals surface area contributed by atoms with Crippen LogP contribution in [0.2, 0.25) is 0 Å². The number of aromatic hydroxyl groups is 1. The average molecular weight is 457 g/mol. The lowest BCUT2D eigenvalue weighted by Gasteiger charge is -2.44. The van der Waals surface area contributed by atoms with Gasteiger partial charge in [-0.15, -0.1) is 0 Å². The SMILES string of the molecule is C[C@@H]1CC2=C(Cc3cc(O)ccc32)[C@@H](c2c(F)cc(/C=C/C(=O)O)cc2F)N1CC(C)(C)F. The molecule has 2 aliphatic rings. The van der Waals surface area contributed by atoms with E-state index in [9.17, 15) is 14.3 Å². The van der Waals surface area contributed by atoms with Gasteiger partial charge in [0.05, 0.1) is 6.04 Å². The summed E-state index contributed by atoms with van der Waals surface area (Å²) in [6.07, 6.45) is 2.94. The van der Waals surface area contributed by atoms with Gasteiger partial charge in [0.15, 0.2) is 0 Å². The molecule has 33 heavy (non-hydrogen) atoms. The second kappa shape index (κ2) is 8.37. The third-order valence-corrected chi connectivity index (χ3v) is 6.26. The molecule has 0 unspecified atom stereocenters. The number of alkyl halides is 1. The van der Waals surface area contributed by atoms with E-state index in [2.05, 4.69) is 0 Å². The molecule has 4 rings (SSSR count). The summed E-state index contributed by atoms with van der Waals surface area (Å²) in [4.78, 5) is 12.6. The molecule has 174 valence electrons. The summed E-state index contributed by atoms with van der Waals surface area (Å²) in [6.45, 7) is 4.78. The highest BCUT2D eigenvalue weighted by molar-refractivity contribution is 5.85. The zero-order valence-electron chi connectivity index (χ0n) is 18.7. The Labute approximate surface area is 190 Å². The van der Waals surface area contributed by atoms with Gasteiger partial charge < -0.3 is 10.2 Å². The van der Waals surface area contributed by atoms with Crippen LogP contribution in [-0.4, -0.2) is 39.3 Å². The molecule has 0 bridgehead atoms. The normalized spacial score (nSPS) is 20.9. The number of halogens is 3. The predicted octanol–water partition coefficient (Wildman–Crippen LogP) is 5.66. The van der Waals surface area contributed by atoms with Gasteiger partial charge in [-0.05, 0) is 91.8 Å². The van der Waals surface area contributed by atoms with Crippen molar-refractivity contribution >= 4 is 17.6 Å². The summed E-state index contributed by atoms with van der Waals surface area (Å²) in [6, 6.07) is 6.26. The average Bonchev–Trinajstić information content (AvgIpc) is 3.04. The Bertz CT molecular complexity index is 1160. The molecule has 1 aliphatic heterocycles. The van der Waals surface area contributed by atoms with E-state index in [4.69, 9.17) is 5.11 Å². The maximum absolute atomic E-state index is 15.4. The van der Waals surface area contributed by atoms with Crippen LogP contribution in [0.4, 0.5) is 13.2 Å². The van der Waals surface area contributed by atoms with E-state index in [1.54, 1.807) is 17.0 Å². The maximum Gasteiger partial charge on any atom is 0.328 e. The van der Waals surface area contributed by atoms with Crippen molar-refractivity contribution in [2.45, 2.75) is 51.4 Å². The van der Waals surface area contributed by atoms with Gasteiger partial charge in [0.2, 0.25) is 0 Å². The second-order valence-corrected chi connectivity index (χ2v) is 9.44. The maximum atomic E-state index is 15.4. The first-order valence-electron chi connectivity index (χ1n) is 10.8. The zero-order chi connectivity index (χ0) is 24.1. The van der Waals surface area contributed by atoms with Gasteiger partial charge in [-0.1, -0.05) is 6.07 Å². The van der Waals surface area contributed by atoms with Crippen LogP contribution in [0.15, 0.2) is 42.0 Å². The van der Waals surface area contributed by atoms with Crippen LogP contribution >= 0.6 is 0 Å². The van der Waals surface area contributed by atoms with Gasteiger partial charge in [-0.2, -0.15) is 0 Å². The van der Waals surface area contributed by atoms with Gasteiger partial charge in [-0.3, -0.25) is 4.90 Å². The van der Waals surface area contributed by atoms with E-state index in [0.717, 1.165) is 46.6 Å². The molecular weight excluding hydrogens is 431 g/mol. The first-order valence-corrected chi connectivity index (χ1v) is 10.8. The van der Waals surface area contributed by atoms with Crippen LogP contribution in [0.5, 0.6) is 5.75 Å². The molecule has 0 spiro atoms. The molecule has 1 aliphatic carbocycles. The topological polar surface area (TPSA) is 60.8 Å². The number of nitrogens with zero attached hydrogens (tertiary/aromatic N) is 1. The highest BCUT2D eigenvalue weighted by Crippen LogP contribution is 2.50. The number of aliphatic carboxylic acids is 1. The fraction of sp³-hybridized carbons (Fsp3) is 0.346. The van der Waals surface area contributed by atoms with E-state index in [1.165, 1.54) is 13.8 Å². The van der Waals surface area contributed by atoms with Crippen molar-refractivity contribution in [1.29, 1.82) is 0 Å². The Morgan fingerprint density at radius 3 is 2.48 bits per heavy atom. The number of carbonyl (C=O) groups is 1. The number of phenols is 1. The van der Waals surface area contributed by atoms with E-state index >= 15 is 8.78 Å². The molecule has 2 N–H and O–H groups in total. The molecule has 4 nitrogen and oxygen atoms in total. The molecule has 2 aromatic rings. The third kappa shape index (κ3) is 4.55. The lowest BCUT2D eigenvalue weighted by molar-refractivity contribution is -0.131. The lowest BCUT2D eigenvalue weighted by Crippen LogP contribution is -2.47. The Hall–Kier alpha value is -3.06. The van der Waals surface area contributed by atoms with Crippen molar-refractivity contribution < 1.29 is 28.2 Å². The summed E-state index contributed by atoms with van der Waals surface area (Å²) in [7, 11) is 0. The fourth-order valence-corrected chi connectivity index (χ4v) is 5.03. The van der Waals surface area contributed by atoms with E-state index in [0.29, 0.717) is 12.8 Å². The predicted molar refractivity (Wildman–Crippen MR) is 120 cm³/mol. The van der Waals surface area contributed by atoms with Crippen LogP contribution in [0, 0.1) is 11.6 Å². The van der Waals surface area contributed by atoms with Crippen molar-refractivity contribution in [2.75, 3.05) is 6.54 Å². The molecule has 0 saturated carbocycles. The van der Waals surface area contributed by atoms with Crippen molar-refractivity contribution in [3.63, 3.8) is 0 Å². The van der Waals surface area contributed by atoms with Crippen molar-refractivity contribution in [3.05, 3.63) is 75.9 Å². The summed E-state index contributed by atoms with van der Waals surface area (Å²) in [5.41, 5.74) is 1.91. The van der Waals surface area contributed by atoms with Gasteiger partial charge in [0, 0.05) is 24.2 Å². The number of carboxylic acid groups (broad SMARTS) is 1. The Morgan fingerprint density at radius 2 is 1.88 bits per heavy atom. The zero-order valence-corrected chi connectivity index (χ0v) is 18.7. The molecule has 0 amide bonds. The van der Waals surface area contributed by atoms with Crippen molar-refractivity contribution in [3.8, 4) is 5.75 Å². The fourth-order valence-electron chi connectivity index (χ4n) is 5.03. The molecule has 7 heteroatoms. The van der Waals surface area contributed by atoms with Gasteiger partial charge in [-0.25, -0.2) is 18.0 Å². The van der Waals surface area contributed by atoms with Crippen LogP contribution in [0.3, 0.4) is 0 Å². The molecule has 0 fully saturated rings. The van der Waals surface area contributed by atoms with Crippen LogP contribution in [0.1, 0.15) is 55.5 Å². The first-order chi connectivity index (χ1) is 15.4. The Kier molecular flexibility index (Phi) is 5.86. The highest BCUT2D eigenvalue weighted by Gasteiger charge is 2.43. The number of phenolic OH excluding ortho intramolecular Hbond substituents is 1. The molecule has 2 atom stereocenters. The minimum absolute atomic E-state index is 0.0171. The monoisotopic (exact) mass is 457 g/mol. The van der Waals surface area contributed by atoms with Gasteiger partial charge in [0.25, 0.3) is 0 Å². The summed E-state index contributed by atoms with van der Waals surface area (Å²) < 4.78 is 45.6. The Morgan fingerprint density at radius 1 is 1.21 bits per heavy atom. The van der Waals surface area contributed by atoms with E-state index in [-0.39, 0.29) is 29.5 Å². The molecule has 0 saturated heterocycles.